The van der Waals surface area contributed by atoms with Crippen LogP contribution in [0.15, 0.2) is 30.4 Å². The average Bonchev–Trinajstić information content (AvgIpc) is 2.25. The summed E-state index contributed by atoms with van der Waals surface area (Å²) in [5, 5.41) is 10.8. The van der Waals surface area contributed by atoms with Crippen molar-refractivity contribution in [1.29, 1.82) is 0 Å². The van der Waals surface area contributed by atoms with Gasteiger partial charge in [0.15, 0.2) is 5.75 Å². The molecule has 0 atom stereocenters. The standard InChI is InChI=1S/C11H14N2O3/c1-9-5-4-6-10(13(14)15)11(9)16-8-3-2-7-12/h2-6H,7-8,12H2,1H3/b3-2+. The van der Waals surface area contributed by atoms with E-state index in [0.29, 0.717) is 12.3 Å². The molecule has 0 saturated carbocycles. The van der Waals surface area contributed by atoms with E-state index in [1.165, 1.54) is 6.07 Å². The van der Waals surface area contributed by atoms with Crippen LogP contribution in [0.5, 0.6) is 5.75 Å². The van der Waals surface area contributed by atoms with E-state index in [0.717, 1.165) is 5.56 Å². The molecule has 0 heterocycles. The predicted octanol–water partition coefficient (Wildman–Crippen LogP) is 1.80. The molecule has 2 N–H and O–H groups in total. The van der Waals surface area contributed by atoms with Gasteiger partial charge in [0.05, 0.1) is 4.92 Å². The summed E-state index contributed by atoms with van der Waals surface area (Å²) < 4.78 is 5.35. The Balaban J connectivity index is 2.84. The van der Waals surface area contributed by atoms with Crippen LogP contribution < -0.4 is 10.5 Å². The molecule has 1 aromatic carbocycles. The van der Waals surface area contributed by atoms with Crippen LogP contribution in [0.4, 0.5) is 5.69 Å². The number of nitrogens with two attached hydrogens (primary N) is 1. The Bertz CT molecular complexity index is 402. The van der Waals surface area contributed by atoms with Gasteiger partial charge in [0.2, 0.25) is 0 Å². The van der Waals surface area contributed by atoms with Gasteiger partial charge in [0, 0.05) is 12.6 Å². The van der Waals surface area contributed by atoms with E-state index in [1.54, 1.807) is 31.2 Å². The molecule has 0 bridgehead atoms. The fourth-order valence-electron chi connectivity index (χ4n) is 1.26. The molecular weight excluding hydrogens is 208 g/mol. The number of rotatable bonds is 5. The highest BCUT2D eigenvalue weighted by atomic mass is 16.6. The van der Waals surface area contributed by atoms with Crippen molar-refractivity contribution in [3.63, 3.8) is 0 Å². The number of ether oxygens (including phenoxy) is 1. The quantitative estimate of drug-likeness (QED) is 0.468. The van der Waals surface area contributed by atoms with Crippen LogP contribution in [0.3, 0.4) is 0 Å². The van der Waals surface area contributed by atoms with Crippen LogP contribution in [0.1, 0.15) is 5.56 Å². The first kappa shape index (κ1) is 12.2. The highest BCUT2D eigenvalue weighted by Crippen LogP contribution is 2.30. The lowest BCUT2D eigenvalue weighted by Gasteiger charge is -2.06. The number of aryl methyl sites for hydroxylation is 1. The summed E-state index contributed by atoms with van der Waals surface area (Å²) in [6.07, 6.45) is 3.47. The molecule has 1 rings (SSSR count). The van der Waals surface area contributed by atoms with Gasteiger partial charge in [-0.2, -0.15) is 0 Å². The molecule has 86 valence electrons. The monoisotopic (exact) mass is 222 g/mol. The van der Waals surface area contributed by atoms with Gasteiger partial charge in [-0.25, -0.2) is 0 Å². The molecular formula is C11H14N2O3. The molecule has 0 aliphatic carbocycles. The maximum Gasteiger partial charge on any atom is 0.311 e. The average molecular weight is 222 g/mol. The molecule has 5 nitrogen and oxygen atoms in total. The topological polar surface area (TPSA) is 78.4 Å². The summed E-state index contributed by atoms with van der Waals surface area (Å²) in [5.74, 6) is 0.314. The number of nitro benzene ring substituents is 1. The summed E-state index contributed by atoms with van der Waals surface area (Å²) in [4.78, 5) is 10.3. The molecule has 5 heteroatoms. The van der Waals surface area contributed by atoms with Crippen LogP contribution in [-0.2, 0) is 0 Å². The van der Waals surface area contributed by atoms with Crippen LogP contribution in [0.2, 0.25) is 0 Å². The second-order valence-electron chi connectivity index (χ2n) is 3.20. The first-order valence-corrected chi connectivity index (χ1v) is 4.88. The highest BCUT2D eigenvalue weighted by Gasteiger charge is 2.16. The van der Waals surface area contributed by atoms with Crippen molar-refractivity contribution in [3.8, 4) is 5.75 Å². The number of benzene rings is 1. The number of nitrogens with zero attached hydrogens (tertiary/aromatic N) is 1. The lowest BCUT2D eigenvalue weighted by molar-refractivity contribution is -0.385. The molecule has 0 aliphatic rings. The zero-order chi connectivity index (χ0) is 12.0. The van der Waals surface area contributed by atoms with Gasteiger partial charge in [-0.05, 0) is 12.5 Å². The maximum atomic E-state index is 10.8. The third-order valence-electron chi connectivity index (χ3n) is 2.01. The second kappa shape index (κ2) is 5.87. The third-order valence-corrected chi connectivity index (χ3v) is 2.01. The number of nitro groups is 1. The van der Waals surface area contributed by atoms with E-state index in [9.17, 15) is 10.1 Å². The summed E-state index contributed by atoms with van der Waals surface area (Å²) >= 11 is 0. The summed E-state index contributed by atoms with van der Waals surface area (Å²) in [6.45, 7) is 2.48. The Kier molecular flexibility index (Phi) is 4.47. The van der Waals surface area contributed by atoms with E-state index in [1.807, 2.05) is 0 Å². The Morgan fingerprint density at radius 2 is 2.25 bits per heavy atom. The van der Waals surface area contributed by atoms with Crippen molar-refractivity contribution >= 4 is 5.69 Å². The van der Waals surface area contributed by atoms with E-state index in [4.69, 9.17) is 10.5 Å². The molecule has 16 heavy (non-hydrogen) atoms. The first-order valence-electron chi connectivity index (χ1n) is 4.88. The molecule has 0 aromatic heterocycles. The van der Waals surface area contributed by atoms with E-state index < -0.39 is 4.92 Å². The summed E-state index contributed by atoms with van der Waals surface area (Å²) in [6, 6.07) is 4.83. The molecule has 0 amide bonds. The van der Waals surface area contributed by atoms with Gasteiger partial charge in [-0.3, -0.25) is 10.1 Å². The molecule has 0 unspecified atom stereocenters. The van der Waals surface area contributed by atoms with Gasteiger partial charge < -0.3 is 10.5 Å². The van der Waals surface area contributed by atoms with Gasteiger partial charge in [-0.1, -0.05) is 24.3 Å². The zero-order valence-electron chi connectivity index (χ0n) is 9.05. The van der Waals surface area contributed by atoms with Crippen molar-refractivity contribution < 1.29 is 9.66 Å². The smallest absolute Gasteiger partial charge is 0.311 e. The van der Waals surface area contributed by atoms with Crippen LogP contribution in [0.25, 0.3) is 0 Å². The van der Waals surface area contributed by atoms with Crippen molar-refractivity contribution in [2.24, 2.45) is 5.73 Å². The van der Waals surface area contributed by atoms with Gasteiger partial charge >= 0.3 is 5.69 Å². The van der Waals surface area contributed by atoms with Crippen molar-refractivity contribution in [2.45, 2.75) is 6.92 Å². The fourth-order valence-corrected chi connectivity index (χ4v) is 1.26. The molecule has 0 aliphatic heterocycles. The molecule has 0 radical (unpaired) electrons. The molecule has 0 fully saturated rings. The van der Waals surface area contributed by atoms with Crippen molar-refractivity contribution in [3.05, 3.63) is 46.0 Å². The Morgan fingerprint density at radius 3 is 2.88 bits per heavy atom. The number of hydrogen-bond donors (Lipinski definition) is 1. The zero-order valence-corrected chi connectivity index (χ0v) is 9.05. The Hall–Kier alpha value is -1.88. The van der Waals surface area contributed by atoms with E-state index in [-0.39, 0.29) is 12.3 Å². The van der Waals surface area contributed by atoms with Crippen molar-refractivity contribution in [1.82, 2.24) is 0 Å². The van der Waals surface area contributed by atoms with Crippen LogP contribution in [0, 0.1) is 17.0 Å². The maximum absolute atomic E-state index is 10.8. The minimum absolute atomic E-state index is 0.0128. The summed E-state index contributed by atoms with van der Waals surface area (Å²) in [5.41, 5.74) is 6.00. The largest absolute Gasteiger partial charge is 0.482 e. The normalized spacial score (nSPS) is 10.6. The summed E-state index contributed by atoms with van der Waals surface area (Å²) in [7, 11) is 0. The minimum atomic E-state index is -0.449. The molecule has 0 saturated heterocycles. The predicted molar refractivity (Wildman–Crippen MR) is 61.5 cm³/mol. The highest BCUT2D eigenvalue weighted by molar-refractivity contribution is 5.51. The third kappa shape index (κ3) is 3.06. The minimum Gasteiger partial charge on any atom is -0.482 e. The first-order chi connectivity index (χ1) is 7.66. The van der Waals surface area contributed by atoms with Gasteiger partial charge in [0.25, 0.3) is 0 Å². The van der Waals surface area contributed by atoms with E-state index in [2.05, 4.69) is 0 Å². The SMILES string of the molecule is Cc1cccc([N+](=O)[O-])c1OC/C=C/CN. The van der Waals surface area contributed by atoms with Crippen LogP contribution in [-0.4, -0.2) is 18.1 Å². The van der Waals surface area contributed by atoms with Gasteiger partial charge in [-0.15, -0.1) is 0 Å². The van der Waals surface area contributed by atoms with E-state index >= 15 is 0 Å². The fraction of sp³-hybridized carbons (Fsp3) is 0.273. The van der Waals surface area contributed by atoms with Gasteiger partial charge in [0.1, 0.15) is 6.61 Å². The lowest BCUT2D eigenvalue weighted by Crippen LogP contribution is -2.01. The molecule has 1 aromatic rings. The number of hydrogen-bond acceptors (Lipinski definition) is 4. The lowest BCUT2D eigenvalue weighted by atomic mass is 10.2. The van der Waals surface area contributed by atoms with Crippen LogP contribution >= 0.6 is 0 Å². The Morgan fingerprint density at radius 1 is 1.50 bits per heavy atom. The van der Waals surface area contributed by atoms with Crippen molar-refractivity contribution in [2.75, 3.05) is 13.2 Å². The second-order valence-corrected chi connectivity index (χ2v) is 3.20. The molecule has 0 spiro atoms. The number of para-hydroxylation sites is 1. The Labute approximate surface area is 93.7 Å².